The molecule has 1 aromatic carbocycles. The summed E-state index contributed by atoms with van der Waals surface area (Å²) in [6, 6.07) is 4.64. The van der Waals surface area contributed by atoms with E-state index in [1.165, 1.54) is 48.6 Å². The lowest BCUT2D eigenvalue weighted by molar-refractivity contribution is 0.0712. The maximum Gasteiger partial charge on any atom is 0.226 e. The Morgan fingerprint density at radius 2 is 1.85 bits per heavy atom. The second-order valence-corrected chi connectivity index (χ2v) is 8.02. The molecule has 1 aromatic heterocycles. The molecule has 1 atom stereocenters. The van der Waals surface area contributed by atoms with Crippen molar-refractivity contribution in [3.63, 3.8) is 0 Å². The molecule has 0 bridgehead atoms. The van der Waals surface area contributed by atoms with Gasteiger partial charge in [0.05, 0.1) is 17.3 Å². The molecule has 0 radical (unpaired) electrons. The molecule has 0 amide bonds. The summed E-state index contributed by atoms with van der Waals surface area (Å²) in [6.45, 7) is 8.30. The molecule has 3 aliphatic rings. The van der Waals surface area contributed by atoms with Crippen LogP contribution in [0.2, 0.25) is 0 Å². The van der Waals surface area contributed by atoms with Crippen LogP contribution in [0.4, 0.5) is 5.95 Å². The van der Waals surface area contributed by atoms with Crippen LogP contribution in [-0.4, -0.2) is 60.3 Å². The van der Waals surface area contributed by atoms with Gasteiger partial charge in [-0.25, -0.2) is 9.97 Å². The minimum atomic E-state index is 0.447. The zero-order chi connectivity index (χ0) is 17.5. The fourth-order valence-corrected chi connectivity index (χ4v) is 4.68. The van der Waals surface area contributed by atoms with Crippen molar-refractivity contribution in [3.8, 4) is 0 Å². The highest BCUT2D eigenvalue weighted by molar-refractivity contribution is 5.84. The molecule has 2 fully saturated rings. The summed E-state index contributed by atoms with van der Waals surface area (Å²) >= 11 is 0. The quantitative estimate of drug-likeness (QED) is 0.850. The molecule has 5 heteroatoms. The van der Waals surface area contributed by atoms with E-state index in [2.05, 4.69) is 28.9 Å². The number of benzene rings is 1. The van der Waals surface area contributed by atoms with Crippen molar-refractivity contribution in [2.75, 3.05) is 44.2 Å². The second kappa shape index (κ2) is 6.78. The van der Waals surface area contributed by atoms with Crippen LogP contribution in [0.15, 0.2) is 12.1 Å². The van der Waals surface area contributed by atoms with Crippen molar-refractivity contribution < 1.29 is 4.74 Å². The maximum absolute atomic E-state index is 5.79. The Morgan fingerprint density at radius 1 is 1.04 bits per heavy atom. The van der Waals surface area contributed by atoms with Gasteiger partial charge >= 0.3 is 0 Å². The molecule has 2 aliphatic heterocycles. The number of nitrogens with zero attached hydrogens (tertiary/aromatic N) is 4. The van der Waals surface area contributed by atoms with Gasteiger partial charge in [-0.1, -0.05) is 0 Å². The van der Waals surface area contributed by atoms with Crippen molar-refractivity contribution in [3.05, 3.63) is 29.0 Å². The summed E-state index contributed by atoms with van der Waals surface area (Å²) in [6.07, 6.45) is 6.57. The molecule has 0 unspecified atom stereocenters. The Hall–Kier alpha value is -1.72. The number of hydrogen-bond acceptors (Lipinski definition) is 5. The molecule has 0 spiro atoms. The molecule has 0 N–H and O–H groups in total. The fourth-order valence-electron chi connectivity index (χ4n) is 4.68. The Morgan fingerprint density at radius 3 is 2.62 bits per heavy atom. The zero-order valence-electron chi connectivity index (χ0n) is 15.7. The van der Waals surface area contributed by atoms with Crippen molar-refractivity contribution in [2.24, 2.45) is 0 Å². The first-order valence-electron chi connectivity index (χ1n) is 10.2. The van der Waals surface area contributed by atoms with Gasteiger partial charge in [-0.3, -0.25) is 4.90 Å². The van der Waals surface area contributed by atoms with Gasteiger partial charge in [0.2, 0.25) is 5.95 Å². The van der Waals surface area contributed by atoms with Crippen LogP contribution in [0.3, 0.4) is 0 Å². The number of aryl methyl sites for hydroxylation is 3. The van der Waals surface area contributed by atoms with Gasteiger partial charge in [0.1, 0.15) is 0 Å². The largest absolute Gasteiger partial charge is 0.377 e. The van der Waals surface area contributed by atoms with Crippen LogP contribution in [0.5, 0.6) is 0 Å². The monoisotopic (exact) mass is 352 g/mol. The molecule has 2 saturated heterocycles. The summed E-state index contributed by atoms with van der Waals surface area (Å²) in [5.41, 5.74) is 5.22. The lowest BCUT2D eigenvalue weighted by Crippen LogP contribution is -2.49. The number of aromatic nitrogens is 2. The van der Waals surface area contributed by atoms with Gasteiger partial charge in [-0.2, -0.15) is 0 Å². The van der Waals surface area contributed by atoms with Crippen LogP contribution in [0.1, 0.15) is 36.1 Å². The SMILES string of the molecule is Cc1nc(N2CCN(C[C@@H]3CCCO3)CC2)nc2cc3c(cc12)CCC3. The number of rotatable bonds is 3. The number of hydrogen-bond donors (Lipinski definition) is 0. The summed E-state index contributed by atoms with van der Waals surface area (Å²) in [7, 11) is 0. The predicted molar refractivity (Wildman–Crippen MR) is 104 cm³/mol. The number of anilines is 1. The lowest BCUT2D eigenvalue weighted by Gasteiger charge is -2.35. The summed E-state index contributed by atoms with van der Waals surface area (Å²) < 4.78 is 5.79. The maximum atomic E-state index is 5.79. The van der Waals surface area contributed by atoms with Gasteiger partial charge in [-0.15, -0.1) is 0 Å². The van der Waals surface area contributed by atoms with Crippen LogP contribution in [0, 0.1) is 6.92 Å². The average molecular weight is 352 g/mol. The highest BCUT2D eigenvalue weighted by atomic mass is 16.5. The topological polar surface area (TPSA) is 41.5 Å². The Labute approximate surface area is 155 Å². The third kappa shape index (κ3) is 3.08. The summed E-state index contributed by atoms with van der Waals surface area (Å²) in [4.78, 5) is 14.7. The van der Waals surface area contributed by atoms with Crippen molar-refractivity contribution in [1.82, 2.24) is 14.9 Å². The van der Waals surface area contributed by atoms with Gasteiger partial charge in [0, 0.05) is 44.7 Å². The molecule has 2 aromatic rings. The molecular formula is C21H28N4O. The van der Waals surface area contributed by atoms with Gasteiger partial charge in [-0.05, 0) is 62.3 Å². The molecule has 1 aliphatic carbocycles. The smallest absolute Gasteiger partial charge is 0.226 e. The van der Waals surface area contributed by atoms with E-state index in [9.17, 15) is 0 Å². The zero-order valence-corrected chi connectivity index (χ0v) is 15.7. The van der Waals surface area contributed by atoms with Crippen LogP contribution in [-0.2, 0) is 17.6 Å². The number of ether oxygens (including phenoxy) is 1. The van der Waals surface area contributed by atoms with E-state index in [-0.39, 0.29) is 0 Å². The highest BCUT2D eigenvalue weighted by Crippen LogP contribution is 2.29. The Balaban J connectivity index is 1.32. The normalized spacial score (nSPS) is 23.7. The minimum absolute atomic E-state index is 0.447. The Bertz CT molecular complexity index is 807. The molecule has 3 heterocycles. The highest BCUT2D eigenvalue weighted by Gasteiger charge is 2.24. The fraction of sp³-hybridized carbons (Fsp3) is 0.619. The van der Waals surface area contributed by atoms with E-state index in [1.807, 2.05) is 0 Å². The predicted octanol–water partition coefficient (Wildman–Crippen LogP) is 2.73. The minimum Gasteiger partial charge on any atom is -0.377 e. The first-order chi connectivity index (χ1) is 12.8. The first-order valence-corrected chi connectivity index (χ1v) is 10.2. The van der Waals surface area contributed by atoms with Crippen molar-refractivity contribution in [2.45, 2.75) is 45.1 Å². The van der Waals surface area contributed by atoms with Crippen LogP contribution >= 0.6 is 0 Å². The van der Waals surface area contributed by atoms with Gasteiger partial charge < -0.3 is 9.64 Å². The molecule has 138 valence electrons. The molecule has 5 nitrogen and oxygen atoms in total. The van der Waals surface area contributed by atoms with Crippen molar-refractivity contribution in [1.29, 1.82) is 0 Å². The number of piperazine rings is 1. The molecular weight excluding hydrogens is 324 g/mol. The summed E-state index contributed by atoms with van der Waals surface area (Å²) in [5.74, 6) is 0.907. The molecule has 0 saturated carbocycles. The van der Waals surface area contributed by atoms with Gasteiger partial charge in [0.15, 0.2) is 0 Å². The third-order valence-electron chi connectivity index (χ3n) is 6.23. The standard InChI is InChI=1S/C21H28N4O/c1-15-19-12-16-4-2-5-17(16)13-20(19)23-21(22-15)25-9-7-24(8-10-25)14-18-6-3-11-26-18/h12-13,18H,2-11,14H2,1H3/t18-/m0/s1. The van der Waals surface area contributed by atoms with Crippen molar-refractivity contribution >= 4 is 16.9 Å². The molecule has 26 heavy (non-hydrogen) atoms. The Kier molecular flexibility index (Phi) is 4.29. The lowest BCUT2D eigenvalue weighted by atomic mass is 10.1. The van der Waals surface area contributed by atoms with Crippen LogP contribution < -0.4 is 4.90 Å². The van der Waals surface area contributed by atoms with Crippen LogP contribution in [0.25, 0.3) is 10.9 Å². The summed E-state index contributed by atoms with van der Waals surface area (Å²) in [5, 5.41) is 1.23. The van der Waals surface area contributed by atoms with E-state index in [1.54, 1.807) is 0 Å². The van der Waals surface area contributed by atoms with E-state index < -0.39 is 0 Å². The van der Waals surface area contributed by atoms with E-state index in [0.29, 0.717) is 6.10 Å². The third-order valence-corrected chi connectivity index (χ3v) is 6.23. The van der Waals surface area contributed by atoms with Gasteiger partial charge in [0.25, 0.3) is 0 Å². The van der Waals surface area contributed by atoms with E-state index in [0.717, 1.165) is 56.5 Å². The second-order valence-electron chi connectivity index (χ2n) is 8.02. The average Bonchev–Trinajstić information content (AvgIpc) is 3.32. The van der Waals surface area contributed by atoms with E-state index >= 15 is 0 Å². The molecule has 5 rings (SSSR count). The number of fused-ring (bicyclic) bond motifs is 2. The first kappa shape index (κ1) is 16.5. The van der Waals surface area contributed by atoms with E-state index in [4.69, 9.17) is 14.7 Å².